The molecule has 1 fully saturated rings. The van der Waals surface area contributed by atoms with Gasteiger partial charge in [-0.15, -0.1) is 0 Å². The fourth-order valence-corrected chi connectivity index (χ4v) is 2.75. The van der Waals surface area contributed by atoms with Crippen LogP contribution in [0.3, 0.4) is 0 Å². The van der Waals surface area contributed by atoms with E-state index in [9.17, 15) is 18.4 Å². The topological polar surface area (TPSA) is 53.8 Å². The third kappa shape index (κ3) is 2.89. The highest BCUT2D eigenvalue weighted by Crippen LogP contribution is 2.18. The molecule has 1 aliphatic rings. The number of piperazine rings is 1. The van der Waals surface area contributed by atoms with Crippen molar-refractivity contribution in [2.45, 2.75) is 6.92 Å². The van der Waals surface area contributed by atoms with Crippen LogP contribution in [0.2, 0.25) is 0 Å². The third-order valence-corrected chi connectivity index (χ3v) is 4.12. The number of furan rings is 1. The van der Waals surface area contributed by atoms with Gasteiger partial charge in [-0.05, 0) is 25.1 Å². The van der Waals surface area contributed by atoms with Crippen LogP contribution in [0.5, 0.6) is 0 Å². The molecule has 0 aliphatic carbocycles. The van der Waals surface area contributed by atoms with Crippen LogP contribution in [-0.2, 0) is 0 Å². The lowest BCUT2D eigenvalue weighted by molar-refractivity contribution is 0.0529. The van der Waals surface area contributed by atoms with E-state index in [-0.39, 0.29) is 19.0 Å². The zero-order valence-corrected chi connectivity index (χ0v) is 13.1. The summed E-state index contributed by atoms with van der Waals surface area (Å²) in [7, 11) is 0. The Morgan fingerprint density at radius 1 is 0.958 bits per heavy atom. The Morgan fingerprint density at radius 3 is 2.00 bits per heavy atom. The fraction of sp³-hybridized carbons (Fsp3) is 0.294. The molecule has 0 radical (unpaired) electrons. The van der Waals surface area contributed by atoms with E-state index in [1.54, 1.807) is 17.9 Å². The summed E-state index contributed by atoms with van der Waals surface area (Å²) in [4.78, 5) is 27.7. The molecule has 0 N–H and O–H groups in total. The number of nitrogens with zero attached hydrogens (tertiary/aromatic N) is 2. The van der Waals surface area contributed by atoms with Crippen LogP contribution in [0.15, 0.2) is 34.9 Å². The van der Waals surface area contributed by atoms with Crippen LogP contribution in [0, 0.1) is 18.6 Å². The van der Waals surface area contributed by atoms with Crippen molar-refractivity contribution in [1.82, 2.24) is 9.80 Å². The molecule has 7 heteroatoms. The molecule has 2 amide bonds. The summed E-state index contributed by atoms with van der Waals surface area (Å²) in [5, 5.41) is 0. The molecule has 0 atom stereocenters. The van der Waals surface area contributed by atoms with Crippen molar-refractivity contribution in [2.24, 2.45) is 0 Å². The first kappa shape index (κ1) is 16.2. The molecule has 0 unspecified atom stereocenters. The highest BCUT2D eigenvalue weighted by molar-refractivity contribution is 5.96. The van der Waals surface area contributed by atoms with Gasteiger partial charge in [-0.3, -0.25) is 9.59 Å². The molecule has 3 rings (SSSR count). The molecule has 5 nitrogen and oxygen atoms in total. The van der Waals surface area contributed by atoms with Gasteiger partial charge in [0.2, 0.25) is 0 Å². The summed E-state index contributed by atoms with van der Waals surface area (Å²) >= 11 is 0. The van der Waals surface area contributed by atoms with E-state index in [1.807, 2.05) is 0 Å². The van der Waals surface area contributed by atoms with Crippen LogP contribution >= 0.6 is 0 Å². The molecule has 24 heavy (non-hydrogen) atoms. The van der Waals surface area contributed by atoms with E-state index in [4.69, 9.17) is 4.42 Å². The number of carbonyl (C=O) groups excluding carboxylic acids is 2. The van der Waals surface area contributed by atoms with Gasteiger partial charge in [-0.25, -0.2) is 8.78 Å². The number of amides is 2. The van der Waals surface area contributed by atoms with Gasteiger partial charge in [0.05, 0.1) is 11.8 Å². The number of aryl methyl sites for hydroxylation is 1. The second-order valence-corrected chi connectivity index (χ2v) is 5.57. The van der Waals surface area contributed by atoms with Gasteiger partial charge < -0.3 is 14.2 Å². The van der Waals surface area contributed by atoms with Crippen molar-refractivity contribution in [3.8, 4) is 0 Å². The van der Waals surface area contributed by atoms with Gasteiger partial charge in [-0.2, -0.15) is 0 Å². The number of hydrogen-bond donors (Lipinski definition) is 0. The number of halogens is 2. The van der Waals surface area contributed by atoms with Gasteiger partial charge >= 0.3 is 0 Å². The summed E-state index contributed by atoms with van der Waals surface area (Å²) in [5.74, 6) is -2.10. The largest absolute Gasteiger partial charge is 0.469 e. The average molecular weight is 334 g/mol. The maximum Gasteiger partial charge on any atom is 0.259 e. The van der Waals surface area contributed by atoms with E-state index >= 15 is 0 Å². The molecule has 0 saturated carbocycles. The highest BCUT2D eigenvalue weighted by atomic mass is 19.1. The molecule has 2 aromatic rings. The molecule has 1 aromatic heterocycles. The Kier molecular flexibility index (Phi) is 4.33. The molecule has 0 bridgehead atoms. The average Bonchev–Trinajstić information content (AvgIpc) is 3.00. The van der Waals surface area contributed by atoms with Crippen molar-refractivity contribution in [3.05, 3.63) is 59.1 Å². The van der Waals surface area contributed by atoms with Gasteiger partial charge in [-0.1, -0.05) is 6.07 Å². The minimum absolute atomic E-state index is 0.176. The molecular weight excluding hydrogens is 318 g/mol. The van der Waals surface area contributed by atoms with Crippen LogP contribution in [-0.4, -0.2) is 47.8 Å². The monoisotopic (exact) mass is 334 g/mol. The van der Waals surface area contributed by atoms with E-state index in [0.29, 0.717) is 24.4 Å². The summed E-state index contributed by atoms with van der Waals surface area (Å²) in [6.45, 7) is 2.73. The predicted molar refractivity (Wildman–Crippen MR) is 81.6 cm³/mol. The quantitative estimate of drug-likeness (QED) is 0.848. The van der Waals surface area contributed by atoms with Crippen molar-refractivity contribution in [1.29, 1.82) is 0 Å². The Labute approximate surface area is 137 Å². The SMILES string of the molecule is Cc1occc1C(=O)N1CCN(C(=O)c2c(F)cccc2F)CC1. The van der Waals surface area contributed by atoms with Gasteiger partial charge in [0, 0.05) is 26.2 Å². The lowest BCUT2D eigenvalue weighted by atomic mass is 10.1. The maximum absolute atomic E-state index is 13.7. The molecular formula is C17H16F2N2O3. The smallest absolute Gasteiger partial charge is 0.259 e. The van der Waals surface area contributed by atoms with Gasteiger partial charge in [0.15, 0.2) is 0 Å². The number of benzene rings is 1. The Balaban J connectivity index is 1.68. The summed E-state index contributed by atoms with van der Waals surface area (Å²) in [5.41, 5.74) is -0.0714. The van der Waals surface area contributed by atoms with E-state index in [2.05, 4.69) is 0 Å². The first-order valence-corrected chi connectivity index (χ1v) is 7.55. The van der Waals surface area contributed by atoms with Crippen molar-refractivity contribution >= 4 is 11.8 Å². The number of carbonyl (C=O) groups is 2. The van der Waals surface area contributed by atoms with Gasteiger partial charge in [0.25, 0.3) is 11.8 Å². The lowest BCUT2D eigenvalue weighted by Crippen LogP contribution is -2.50. The summed E-state index contributed by atoms with van der Waals surface area (Å²) in [6.07, 6.45) is 1.45. The van der Waals surface area contributed by atoms with E-state index < -0.39 is 23.1 Å². The van der Waals surface area contributed by atoms with Crippen LogP contribution in [0.25, 0.3) is 0 Å². The molecule has 2 heterocycles. The summed E-state index contributed by atoms with van der Waals surface area (Å²) < 4.78 is 32.6. The first-order chi connectivity index (χ1) is 11.5. The zero-order valence-electron chi connectivity index (χ0n) is 13.1. The molecule has 1 aromatic carbocycles. The van der Waals surface area contributed by atoms with Crippen molar-refractivity contribution < 1.29 is 22.8 Å². The van der Waals surface area contributed by atoms with E-state index in [0.717, 1.165) is 12.1 Å². The number of hydrogen-bond acceptors (Lipinski definition) is 3. The summed E-state index contributed by atoms with van der Waals surface area (Å²) in [6, 6.07) is 4.92. The molecule has 126 valence electrons. The van der Waals surface area contributed by atoms with Crippen LogP contribution < -0.4 is 0 Å². The zero-order chi connectivity index (χ0) is 17.3. The molecule has 1 saturated heterocycles. The minimum atomic E-state index is -0.882. The molecule has 0 spiro atoms. The maximum atomic E-state index is 13.7. The number of rotatable bonds is 2. The third-order valence-electron chi connectivity index (χ3n) is 4.12. The Bertz CT molecular complexity index is 760. The Hall–Kier alpha value is -2.70. The second kappa shape index (κ2) is 6.43. The predicted octanol–water partition coefficient (Wildman–Crippen LogP) is 2.46. The van der Waals surface area contributed by atoms with Gasteiger partial charge in [0.1, 0.15) is 23.0 Å². The Morgan fingerprint density at radius 2 is 1.50 bits per heavy atom. The lowest BCUT2D eigenvalue weighted by Gasteiger charge is -2.34. The van der Waals surface area contributed by atoms with Crippen molar-refractivity contribution in [3.63, 3.8) is 0 Å². The fourth-order valence-electron chi connectivity index (χ4n) is 2.75. The van der Waals surface area contributed by atoms with Crippen LogP contribution in [0.4, 0.5) is 8.78 Å². The standard InChI is InChI=1S/C17H16F2N2O3/c1-11-12(5-10-24-11)16(22)20-6-8-21(9-7-20)17(23)15-13(18)3-2-4-14(15)19/h2-5,10H,6-9H2,1H3. The normalized spacial score (nSPS) is 14.8. The first-order valence-electron chi connectivity index (χ1n) is 7.55. The van der Waals surface area contributed by atoms with E-state index in [1.165, 1.54) is 17.2 Å². The van der Waals surface area contributed by atoms with Crippen LogP contribution in [0.1, 0.15) is 26.5 Å². The molecule has 1 aliphatic heterocycles. The minimum Gasteiger partial charge on any atom is -0.469 e. The van der Waals surface area contributed by atoms with Crippen molar-refractivity contribution in [2.75, 3.05) is 26.2 Å². The second-order valence-electron chi connectivity index (χ2n) is 5.57. The highest BCUT2D eigenvalue weighted by Gasteiger charge is 2.29.